The number of hydrogen-bond acceptors (Lipinski definition) is 2. The van der Waals surface area contributed by atoms with E-state index in [4.69, 9.17) is 0 Å². The monoisotopic (exact) mass is 322 g/mol. The van der Waals surface area contributed by atoms with Crippen LogP contribution in [0.2, 0.25) is 0 Å². The first-order valence-corrected chi connectivity index (χ1v) is 9.38. The van der Waals surface area contributed by atoms with Gasteiger partial charge in [-0.05, 0) is 23.4 Å². The maximum absolute atomic E-state index is 12.7. The summed E-state index contributed by atoms with van der Waals surface area (Å²) in [6.07, 6.45) is 5.81. The molecule has 0 heterocycles. The van der Waals surface area contributed by atoms with Crippen molar-refractivity contribution in [2.45, 2.75) is 12.0 Å². The van der Waals surface area contributed by atoms with Crippen LogP contribution < -0.4 is 5.30 Å². The van der Waals surface area contributed by atoms with Crippen LogP contribution in [-0.2, 0) is 0 Å². The molecule has 0 aromatic heterocycles. The normalized spacial score (nSPS) is 21.6. The lowest BCUT2D eigenvalue weighted by atomic mass is 9.87. The van der Waals surface area contributed by atoms with Gasteiger partial charge in [0.25, 0.3) is 0 Å². The molecule has 2 atom stereocenters. The summed E-state index contributed by atoms with van der Waals surface area (Å²) in [5.41, 5.74) is -0.905. The van der Waals surface area contributed by atoms with Gasteiger partial charge in [0.15, 0.2) is 5.78 Å². The first-order chi connectivity index (χ1) is 11.1. The van der Waals surface area contributed by atoms with E-state index in [0.29, 0.717) is 12.0 Å². The molecule has 0 bridgehead atoms. The minimum Gasteiger partial charge on any atom is -0.377 e. The van der Waals surface area contributed by atoms with Crippen LogP contribution in [0.25, 0.3) is 0 Å². The summed E-state index contributed by atoms with van der Waals surface area (Å²) in [4.78, 5) is 12.7. The topological polar surface area (TPSA) is 37.3 Å². The highest BCUT2D eigenvalue weighted by atomic mass is 31.1. The zero-order valence-electron chi connectivity index (χ0n) is 13.0. The van der Waals surface area contributed by atoms with Crippen molar-refractivity contribution in [1.29, 1.82) is 0 Å². The van der Waals surface area contributed by atoms with Crippen LogP contribution in [0.1, 0.15) is 16.8 Å². The summed E-state index contributed by atoms with van der Waals surface area (Å²) in [6.45, 7) is 2.17. The molecular formula is C20H19O2P. The van der Waals surface area contributed by atoms with E-state index in [1.54, 1.807) is 24.3 Å². The van der Waals surface area contributed by atoms with Gasteiger partial charge in [0.2, 0.25) is 0 Å². The second-order valence-electron chi connectivity index (χ2n) is 5.71. The predicted octanol–water partition coefficient (Wildman–Crippen LogP) is 3.88. The molecular weight excluding hydrogens is 303 g/mol. The lowest BCUT2D eigenvalue weighted by molar-refractivity contribution is 0.0531. The molecule has 116 valence electrons. The van der Waals surface area contributed by atoms with Crippen LogP contribution in [0.4, 0.5) is 0 Å². The maximum Gasteiger partial charge on any atom is 0.198 e. The van der Waals surface area contributed by atoms with Crippen molar-refractivity contribution in [2.24, 2.45) is 0 Å². The fraction of sp³-hybridized carbons (Fsp3) is 0.150. The number of carbonyl (C=O) groups excluding carboxylic acids is 1. The zero-order valence-corrected chi connectivity index (χ0v) is 13.9. The van der Waals surface area contributed by atoms with Crippen molar-refractivity contribution < 1.29 is 9.90 Å². The highest BCUT2D eigenvalue weighted by molar-refractivity contribution is 7.69. The summed E-state index contributed by atoms with van der Waals surface area (Å²) >= 11 is 0. The minimum atomic E-state index is -1.45. The van der Waals surface area contributed by atoms with Gasteiger partial charge in [-0.15, -0.1) is 0 Å². The molecule has 2 unspecified atom stereocenters. The molecule has 0 saturated carbocycles. The Morgan fingerprint density at radius 3 is 2.30 bits per heavy atom. The van der Waals surface area contributed by atoms with Gasteiger partial charge in [-0.2, -0.15) is 0 Å². The molecule has 0 spiro atoms. The Hall–Kier alpha value is -2.02. The molecule has 2 aromatic rings. The van der Waals surface area contributed by atoms with Gasteiger partial charge in [-0.1, -0.05) is 80.7 Å². The Kier molecular flexibility index (Phi) is 4.56. The SMILES string of the molecule is CP(C1=CC=CC(O)(C(=O)c2ccccc2)C1)c1ccccc1. The number of hydrogen-bond donors (Lipinski definition) is 1. The molecule has 2 nitrogen and oxygen atoms in total. The summed E-state index contributed by atoms with van der Waals surface area (Å²) in [5.74, 6) is -0.239. The number of carbonyl (C=O) groups is 1. The quantitative estimate of drug-likeness (QED) is 0.685. The van der Waals surface area contributed by atoms with Gasteiger partial charge in [0.05, 0.1) is 0 Å². The van der Waals surface area contributed by atoms with Crippen molar-refractivity contribution in [2.75, 3.05) is 6.66 Å². The smallest absolute Gasteiger partial charge is 0.198 e. The van der Waals surface area contributed by atoms with Crippen LogP contribution >= 0.6 is 7.92 Å². The number of benzene rings is 2. The molecule has 0 amide bonds. The third-order valence-corrected chi connectivity index (χ3v) is 6.36. The number of aliphatic hydroxyl groups is 1. The first-order valence-electron chi connectivity index (χ1n) is 7.59. The van der Waals surface area contributed by atoms with Crippen molar-refractivity contribution >= 4 is 19.0 Å². The van der Waals surface area contributed by atoms with E-state index in [9.17, 15) is 9.90 Å². The van der Waals surface area contributed by atoms with E-state index in [1.807, 2.05) is 42.5 Å². The van der Waals surface area contributed by atoms with Gasteiger partial charge in [-0.3, -0.25) is 4.79 Å². The third kappa shape index (κ3) is 3.34. The molecule has 2 aromatic carbocycles. The van der Waals surface area contributed by atoms with Crippen molar-refractivity contribution in [3.63, 3.8) is 0 Å². The van der Waals surface area contributed by atoms with Crippen LogP contribution in [0.3, 0.4) is 0 Å². The molecule has 23 heavy (non-hydrogen) atoms. The molecule has 0 saturated heterocycles. The Morgan fingerprint density at radius 1 is 1.04 bits per heavy atom. The second kappa shape index (κ2) is 6.62. The van der Waals surface area contributed by atoms with Gasteiger partial charge < -0.3 is 5.11 Å². The fourth-order valence-electron chi connectivity index (χ4n) is 2.76. The average molecular weight is 322 g/mol. The molecule has 3 heteroatoms. The summed E-state index contributed by atoms with van der Waals surface area (Å²) in [6, 6.07) is 19.2. The van der Waals surface area contributed by atoms with Gasteiger partial charge >= 0.3 is 0 Å². The lowest BCUT2D eigenvalue weighted by Gasteiger charge is -2.29. The Bertz CT molecular complexity index is 750. The molecule has 1 aliphatic carbocycles. The molecule has 1 N–H and O–H groups in total. The highest BCUT2D eigenvalue weighted by Crippen LogP contribution is 2.46. The largest absolute Gasteiger partial charge is 0.377 e. The van der Waals surface area contributed by atoms with Crippen molar-refractivity contribution in [1.82, 2.24) is 0 Å². The van der Waals surface area contributed by atoms with E-state index in [0.717, 1.165) is 5.31 Å². The number of allylic oxidation sites excluding steroid dienone is 2. The minimum absolute atomic E-state index is 0.239. The van der Waals surface area contributed by atoms with E-state index in [-0.39, 0.29) is 5.78 Å². The van der Waals surface area contributed by atoms with Gasteiger partial charge in [0.1, 0.15) is 5.60 Å². The Labute approximate surface area is 137 Å². The van der Waals surface area contributed by atoms with Gasteiger partial charge in [0, 0.05) is 12.0 Å². The predicted molar refractivity (Wildman–Crippen MR) is 96.5 cm³/mol. The van der Waals surface area contributed by atoms with E-state index >= 15 is 0 Å². The lowest BCUT2D eigenvalue weighted by Crippen LogP contribution is -2.38. The number of rotatable bonds is 4. The Morgan fingerprint density at radius 2 is 1.65 bits per heavy atom. The molecule has 0 radical (unpaired) electrons. The summed E-state index contributed by atoms with van der Waals surface area (Å²) in [5, 5.41) is 13.3. The van der Waals surface area contributed by atoms with Crippen molar-refractivity contribution in [3.05, 3.63) is 89.8 Å². The third-order valence-electron chi connectivity index (χ3n) is 4.11. The van der Waals surface area contributed by atoms with Crippen LogP contribution in [0.5, 0.6) is 0 Å². The second-order valence-corrected chi connectivity index (χ2v) is 7.92. The van der Waals surface area contributed by atoms with Crippen LogP contribution in [0.15, 0.2) is 84.2 Å². The first kappa shape index (κ1) is 15.9. The highest BCUT2D eigenvalue weighted by Gasteiger charge is 2.37. The number of ketones is 1. The van der Waals surface area contributed by atoms with Crippen molar-refractivity contribution in [3.8, 4) is 0 Å². The van der Waals surface area contributed by atoms with Crippen LogP contribution in [0, 0.1) is 0 Å². The molecule has 0 aliphatic heterocycles. The zero-order chi connectivity index (χ0) is 16.3. The fourth-order valence-corrected chi connectivity index (χ4v) is 4.49. The average Bonchev–Trinajstić information content (AvgIpc) is 2.62. The van der Waals surface area contributed by atoms with Gasteiger partial charge in [-0.25, -0.2) is 0 Å². The standard InChI is InChI=1S/C20H19O2P/c1-23(17-11-6-3-7-12-17)18-13-8-14-20(22,15-18)19(21)16-9-4-2-5-10-16/h2-14,22H,15H2,1H3. The van der Waals surface area contributed by atoms with E-state index in [1.165, 1.54) is 5.30 Å². The summed E-state index contributed by atoms with van der Waals surface area (Å²) in [7, 11) is -0.548. The van der Waals surface area contributed by atoms with E-state index < -0.39 is 13.5 Å². The van der Waals surface area contributed by atoms with Crippen LogP contribution in [-0.4, -0.2) is 23.2 Å². The maximum atomic E-state index is 12.7. The molecule has 0 fully saturated rings. The number of Topliss-reactive ketones (excluding diaryl/α,β-unsaturated/α-hetero) is 1. The molecule has 1 aliphatic rings. The Balaban J connectivity index is 1.84. The van der Waals surface area contributed by atoms with E-state index in [2.05, 4.69) is 18.8 Å². The summed E-state index contributed by atoms with van der Waals surface area (Å²) < 4.78 is 0. The molecule has 3 rings (SSSR count).